The number of pyridine rings is 1. The summed E-state index contributed by atoms with van der Waals surface area (Å²) < 4.78 is 18.0. The van der Waals surface area contributed by atoms with Crippen LogP contribution in [0.1, 0.15) is 0 Å². The van der Waals surface area contributed by atoms with Crippen LogP contribution < -0.4 is 14.2 Å². The summed E-state index contributed by atoms with van der Waals surface area (Å²) >= 11 is 0. The van der Waals surface area contributed by atoms with Crippen molar-refractivity contribution in [3.8, 4) is 34.6 Å². The predicted octanol–water partition coefficient (Wildman–Crippen LogP) is 6.08. The Labute approximate surface area is 174 Å². The van der Waals surface area contributed by atoms with E-state index in [-0.39, 0.29) is 17.4 Å². The number of ether oxygens (including phenoxy) is 3. The number of nitrogens with zero attached hydrogens (tertiary/aromatic N) is 1. The molecule has 4 rings (SSSR count). The molecule has 0 saturated carbocycles. The summed E-state index contributed by atoms with van der Waals surface area (Å²) in [5, 5.41) is 0. The molecule has 0 aliphatic carbocycles. The first kappa shape index (κ1) is 19.5. The second-order valence-electron chi connectivity index (χ2n) is 5.69. The molecule has 4 nitrogen and oxygen atoms in total. The molecular weight excluding hydrogens is 365 g/mol. The van der Waals surface area contributed by atoms with Gasteiger partial charge in [-0.2, -0.15) is 0 Å². The van der Waals surface area contributed by atoms with Gasteiger partial charge in [-0.05, 0) is 36.4 Å². The van der Waals surface area contributed by atoms with Gasteiger partial charge in [0.2, 0.25) is 5.75 Å². The van der Waals surface area contributed by atoms with Crippen molar-refractivity contribution in [3.63, 3.8) is 0 Å². The molecule has 0 bridgehead atoms. The molecule has 0 aliphatic rings. The zero-order valence-corrected chi connectivity index (χ0v) is 16.2. The van der Waals surface area contributed by atoms with E-state index in [0.29, 0.717) is 34.6 Å². The molecule has 0 N–H and O–H groups in total. The molecule has 1 heterocycles. The Balaban J connectivity index is 0.00000225. The Morgan fingerprint density at radius 2 is 0.964 bits per heavy atom. The summed E-state index contributed by atoms with van der Waals surface area (Å²) in [6, 6.07) is 30.2. The number of benzene rings is 3. The zero-order valence-electron chi connectivity index (χ0n) is 15.1. The molecule has 0 amide bonds. The standard InChI is InChI=1S/C23H17NO3.Al/c1-4-10-18(11-5-1)25-21-16-17-24-23(27-20-14-8-3-9-15-20)22(21)26-19-12-6-2-7-13-19;/h1-17H;/q;+3. The third-order valence-corrected chi connectivity index (χ3v) is 3.73. The quantitative estimate of drug-likeness (QED) is 0.379. The number of aromatic nitrogens is 1. The van der Waals surface area contributed by atoms with Crippen LogP contribution in [0, 0.1) is 0 Å². The minimum Gasteiger partial charge on any atom is -0.453 e. The van der Waals surface area contributed by atoms with Gasteiger partial charge in [0.25, 0.3) is 5.88 Å². The molecule has 0 spiro atoms. The Hall–Kier alpha value is -3.26. The van der Waals surface area contributed by atoms with Crippen molar-refractivity contribution in [2.75, 3.05) is 0 Å². The Morgan fingerprint density at radius 3 is 1.50 bits per heavy atom. The summed E-state index contributed by atoms with van der Waals surface area (Å²) in [5.74, 6) is 3.30. The second kappa shape index (κ2) is 9.61. The van der Waals surface area contributed by atoms with Crippen molar-refractivity contribution in [1.29, 1.82) is 0 Å². The van der Waals surface area contributed by atoms with E-state index >= 15 is 0 Å². The maximum atomic E-state index is 6.07. The normalized spacial score (nSPS) is 9.86. The first-order chi connectivity index (χ1) is 13.4. The first-order valence-corrected chi connectivity index (χ1v) is 8.56. The van der Waals surface area contributed by atoms with Crippen LogP contribution in [0.4, 0.5) is 0 Å². The van der Waals surface area contributed by atoms with Gasteiger partial charge in [0, 0.05) is 12.3 Å². The van der Waals surface area contributed by atoms with E-state index in [0.717, 1.165) is 0 Å². The summed E-state index contributed by atoms with van der Waals surface area (Å²) in [6.45, 7) is 0. The van der Waals surface area contributed by atoms with E-state index in [1.54, 1.807) is 12.3 Å². The maximum absolute atomic E-state index is 6.07. The Bertz CT molecular complexity index is 936. The van der Waals surface area contributed by atoms with Crippen LogP contribution in [0.5, 0.6) is 34.6 Å². The van der Waals surface area contributed by atoms with Crippen molar-refractivity contribution in [1.82, 2.24) is 4.98 Å². The van der Waals surface area contributed by atoms with Gasteiger partial charge in [-0.1, -0.05) is 54.6 Å². The topological polar surface area (TPSA) is 40.6 Å². The van der Waals surface area contributed by atoms with E-state index in [4.69, 9.17) is 14.2 Å². The van der Waals surface area contributed by atoms with Crippen LogP contribution in [0.2, 0.25) is 0 Å². The van der Waals surface area contributed by atoms with E-state index in [1.165, 1.54) is 0 Å². The monoisotopic (exact) mass is 382 g/mol. The predicted molar refractivity (Wildman–Crippen MR) is 110 cm³/mol. The number of para-hydroxylation sites is 3. The molecule has 3 aromatic carbocycles. The zero-order chi connectivity index (χ0) is 18.3. The van der Waals surface area contributed by atoms with Gasteiger partial charge in [-0.15, -0.1) is 0 Å². The van der Waals surface area contributed by atoms with Crippen LogP contribution in [0.3, 0.4) is 0 Å². The minimum atomic E-state index is 0. The number of hydrogen-bond acceptors (Lipinski definition) is 4. The van der Waals surface area contributed by atoms with Gasteiger partial charge in [0.1, 0.15) is 17.2 Å². The summed E-state index contributed by atoms with van der Waals surface area (Å²) in [7, 11) is 0. The average Bonchev–Trinajstić information content (AvgIpc) is 2.73. The molecule has 5 heteroatoms. The first-order valence-electron chi connectivity index (χ1n) is 8.56. The van der Waals surface area contributed by atoms with E-state index in [1.807, 2.05) is 91.0 Å². The molecule has 4 aromatic rings. The second-order valence-corrected chi connectivity index (χ2v) is 5.69. The molecule has 0 fully saturated rings. The van der Waals surface area contributed by atoms with Crippen molar-refractivity contribution in [2.45, 2.75) is 0 Å². The molecule has 132 valence electrons. The summed E-state index contributed by atoms with van der Waals surface area (Å²) in [6.07, 6.45) is 1.63. The van der Waals surface area contributed by atoms with Crippen LogP contribution in [0.25, 0.3) is 0 Å². The largest absolute Gasteiger partial charge is 3.00 e. The molecule has 28 heavy (non-hydrogen) atoms. The fourth-order valence-electron chi connectivity index (χ4n) is 2.48. The fourth-order valence-corrected chi connectivity index (χ4v) is 2.48. The molecule has 0 saturated heterocycles. The van der Waals surface area contributed by atoms with Crippen LogP contribution in [-0.4, -0.2) is 22.3 Å². The van der Waals surface area contributed by atoms with Crippen LogP contribution >= 0.6 is 0 Å². The maximum Gasteiger partial charge on any atom is 3.00 e. The minimum absolute atomic E-state index is 0. The van der Waals surface area contributed by atoms with Crippen LogP contribution in [-0.2, 0) is 0 Å². The van der Waals surface area contributed by atoms with Gasteiger partial charge >= 0.3 is 17.4 Å². The number of hydrogen-bond donors (Lipinski definition) is 0. The molecular formula is C23H17AlNO3+3. The SMILES string of the molecule is [Al+3].c1ccc(Oc2ccnc(Oc3ccccc3)c2Oc2ccccc2)cc1. The molecule has 1 aromatic heterocycles. The molecule has 0 radical (unpaired) electrons. The van der Waals surface area contributed by atoms with Gasteiger partial charge in [0.15, 0.2) is 5.75 Å². The van der Waals surface area contributed by atoms with E-state index in [2.05, 4.69) is 4.98 Å². The third-order valence-electron chi connectivity index (χ3n) is 3.73. The fraction of sp³-hybridized carbons (Fsp3) is 0. The van der Waals surface area contributed by atoms with Gasteiger partial charge < -0.3 is 14.2 Å². The van der Waals surface area contributed by atoms with Crippen molar-refractivity contribution in [2.24, 2.45) is 0 Å². The Kier molecular flexibility index (Phi) is 6.70. The van der Waals surface area contributed by atoms with Crippen molar-refractivity contribution < 1.29 is 14.2 Å². The number of rotatable bonds is 6. The average molecular weight is 382 g/mol. The van der Waals surface area contributed by atoms with Crippen LogP contribution in [0.15, 0.2) is 103 Å². The molecule has 0 atom stereocenters. The summed E-state index contributed by atoms with van der Waals surface area (Å²) in [4.78, 5) is 4.35. The van der Waals surface area contributed by atoms with Crippen molar-refractivity contribution >= 4 is 17.4 Å². The smallest absolute Gasteiger partial charge is 0.453 e. The van der Waals surface area contributed by atoms with E-state index in [9.17, 15) is 0 Å². The molecule has 0 aliphatic heterocycles. The molecule has 0 unspecified atom stereocenters. The van der Waals surface area contributed by atoms with Crippen molar-refractivity contribution in [3.05, 3.63) is 103 Å². The summed E-state index contributed by atoms with van der Waals surface area (Å²) in [5.41, 5.74) is 0. The van der Waals surface area contributed by atoms with E-state index < -0.39 is 0 Å². The third kappa shape index (κ3) is 4.92. The van der Waals surface area contributed by atoms with Gasteiger partial charge in [-0.25, -0.2) is 4.98 Å². The Morgan fingerprint density at radius 1 is 0.500 bits per heavy atom. The van der Waals surface area contributed by atoms with Gasteiger partial charge in [0.05, 0.1) is 0 Å². The van der Waals surface area contributed by atoms with Gasteiger partial charge in [-0.3, -0.25) is 0 Å².